The number of rotatable bonds is 2. The Morgan fingerprint density at radius 1 is 1.19 bits per heavy atom. The zero-order chi connectivity index (χ0) is 11.5. The summed E-state index contributed by atoms with van der Waals surface area (Å²) in [4.78, 5) is 4.01. The molecule has 0 aliphatic heterocycles. The van der Waals surface area contributed by atoms with Gasteiger partial charge in [0.25, 0.3) is 6.43 Å². The molecular weight excluding hydrogens is 208 g/mol. The fourth-order valence-corrected chi connectivity index (χ4v) is 1.61. The number of benzene rings is 1. The van der Waals surface area contributed by atoms with Crippen LogP contribution in [0.2, 0.25) is 0 Å². The van der Waals surface area contributed by atoms with Gasteiger partial charge in [-0.2, -0.15) is 0 Å². The Hall–Kier alpha value is -1.77. The van der Waals surface area contributed by atoms with Crippen LogP contribution in [-0.2, 0) is 0 Å². The molecule has 2 rings (SSSR count). The first-order chi connectivity index (χ1) is 7.68. The summed E-state index contributed by atoms with van der Waals surface area (Å²) in [5.41, 5.74) is 2.75. The number of halogens is 2. The van der Waals surface area contributed by atoms with Crippen LogP contribution in [0.15, 0.2) is 42.7 Å². The zero-order valence-electron chi connectivity index (χ0n) is 8.82. The van der Waals surface area contributed by atoms with Crippen LogP contribution < -0.4 is 0 Å². The van der Waals surface area contributed by atoms with E-state index >= 15 is 0 Å². The summed E-state index contributed by atoms with van der Waals surface area (Å²) >= 11 is 0. The highest BCUT2D eigenvalue weighted by Gasteiger charge is 2.08. The molecule has 0 aliphatic carbocycles. The van der Waals surface area contributed by atoms with Crippen LogP contribution in [-0.4, -0.2) is 4.98 Å². The van der Waals surface area contributed by atoms with E-state index in [-0.39, 0.29) is 5.56 Å². The average Bonchev–Trinajstić information content (AvgIpc) is 2.30. The predicted octanol–water partition coefficient (Wildman–Crippen LogP) is 3.99. The Balaban J connectivity index is 2.49. The van der Waals surface area contributed by atoms with Crippen LogP contribution in [0.25, 0.3) is 11.1 Å². The summed E-state index contributed by atoms with van der Waals surface area (Å²) in [5, 5.41) is 0. The first kappa shape index (κ1) is 10.7. The summed E-state index contributed by atoms with van der Waals surface area (Å²) in [6, 6.07) is 8.26. The van der Waals surface area contributed by atoms with Gasteiger partial charge in [0.1, 0.15) is 0 Å². The molecule has 0 N–H and O–H groups in total. The van der Waals surface area contributed by atoms with Crippen molar-refractivity contribution in [2.75, 3.05) is 0 Å². The molecule has 2 aromatic rings. The van der Waals surface area contributed by atoms with Crippen molar-refractivity contribution in [1.82, 2.24) is 4.98 Å². The number of aryl methyl sites for hydroxylation is 1. The topological polar surface area (TPSA) is 12.9 Å². The largest absolute Gasteiger partial charge is 0.264 e. The molecule has 1 heterocycles. The second-order valence-electron chi connectivity index (χ2n) is 3.62. The quantitative estimate of drug-likeness (QED) is 0.744. The van der Waals surface area contributed by atoms with Crippen molar-refractivity contribution in [2.45, 2.75) is 13.3 Å². The van der Waals surface area contributed by atoms with Crippen molar-refractivity contribution in [3.05, 3.63) is 53.9 Å². The highest BCUT2D eigenvalue weighted by molar-refractivity contribution is 5.66. The number of hydrogen-bond acceptors (Lipinski definition) is 1. The van der Waals surface area contributed by atoms with Gasteiger partial charge in [0.2, 0.25) is 0 Å². The second-order valence-corrected chi connectivity index (χ2v) is 3.62. The van der Waals surface area contributed by atoms with Crippen molar-refractivity contribution in [3.8, 4) is 11.1 Å². The first-order valence-electron chi connectivity index (χ1n) is 4.97. The van der Waals surface area contributed by atoms with Crippen molar-refractivity contribution >= 4 is 0 Å². The van der Waals surface area contributed by atoms with Crippen LogP contribution in [0.5, 0.6) is 0 Å². The molecule has 0 saturated carbocycles. The Labute approximate surface area is 92.8 Å². The molecule has 0 radical (unpaired) electrons. The molecule has 0 bridgehead atoms. The summed E-state index contributed by atoms with van der Waals surface area (Å²) in [5.74, 6) is 0. The lowest BCUT2D eigenvalue weighted by Gasteiger charge is -2.07. The minimum absolute atomic E-state index is 0.0424. The van der Waals surface area contributed by atoms with E-state index in [1.807, 2.05) is 19.1 Å². The van der Waals surface area contributed by atoms with Gasteiger partial charge in [-0.1, -0.05) is 18.2 Å². The van der Waals surface area contributed by atoms with Gasteiger partial charge in [-0.15, -0.1) is 0 Å². The van der Waals surface area contributed by atoms with E-state index < -0.39 is 6.43 Å². The van der Waals surface area contributed by atoms with Gasteiger partial charge in [-0.3, -0.25) is 4.98 Å². The highest BCUT2D eigenvalue weighted by Crippen LogP contribution is 2.26. The van der Waals surface area contributed by atoms with Crippen LogP contribution in [0.4, 0.5) is 8.78 Å². The van der Waals surface area contributed by atoms with Crippen LogP contribution >= 0.6 is 0 Å². The monoisotopic (exact) mass is 219 g/mol. The van der Waals surface area contributed by atoms with E-state index in [0.717, 1.165) is 16.7 Å². The Bertz CT molecular complexity index is 495. The smallest absolute Gasteiger partial charge is 0.263 e. The van der Waals surface area contributed by atoms with E-state index in [2.05, 4.69) is 4.98 Å². The van der Waals surface area contributed by atoms with Crippen LogP contribution in [0.1, 0.15) is 17.6 Å². The summed E-state index contributed by atoms with van der Waals surface area (Å²) < 4.78 is 25.1. The molecule has 1 aromatic heterocycles. The zero-order valence-corrected chi connectivity index (χ0v) is 8.82. The third kappa shape index (κ3) is 2.08. The van der Waals surface area contributed by atoms with Crippen molar-refractivity contribution in [2.24, 2.45) is 0 Å². The fourth-order valence-electron chi connectivity index (χ4n) is 1.61. The van der Waals surface area contributed by atoms with Gasteiger partial charge < -0.3 is 0 Å². The summed E-state index contributed by atoms with van der Waals surface area (Å²) in [6.07, 6.45) is 0.951. The first-order valence-corrected chi connectivity index (χ1v) is 4.97. The number of hydrogen-bond donors (Lipinski definition) is 0. The van der Waals surface area contributed by atoms with Gasteiger partial charge in [-0.25, -0.2) is 8.78 Å². The molecular formula is C13H11F2N. The minimum Gasteiger partial charge on any atom is -0.264 e. The Morgan fingerprint density at radius 2 is 2.00 bits per heavy atom. The third-order valence-electron chi connectivity index (χ3n) is 2.49. The second kappa shape index (κ2) is 4.39. The Morgan fingerprint density at radius 3 is 2.69 bits per heavy atom. The predicted molar refractivity (Wildman–Crippen MR) is 59.4 cm³/mol. The number of nitrogens with zero attached hydrogens (tertiary/aromatic N) is 1. The van der Waals surface area contributed by atoms with Gasteiger partial charge in [0.05, 0.1) is 0 Å². The lowest BCUT2D eigenvalue weighted by atomic mass is 10.0. The summed E-state index contributed by atoms with van der Waals surface area (Å²) in [6.45, 7) is 1.94. The van der Waals surface area contributed by atoms with Crippen LogP contribution in [0.3, 0.4) is 0 Å². The SMILES string of the molecule is Cc1ccncc1-c1cccc(C(F)F)c1. The number of pyridine rings is 1. The van der Waals surface area contributed by atoms with Crippen molar-refractivity contribution in [3.63, 3.8) is 0 Å². The Kier molecular flexibility index (Phi) is 2.95. The van der Waals surface area contributed by atoms with E-state index in [0.29, 0.717) is 0 Å². The molecule has 0 spiro atoms. The maximum absolute atomic E-state index is 12.5. The molecule has 0 fully saturated rings. The van der Waals surface area contributed by atoms with Gasteiger partial charge in [-0.05, 0) is 30.2 Å². The third-order valence-corrected chi connectivity index (χ3v) is 2.49. The molecule has 82 valence electrons. The van der Waals surface area contributed by atoms with E-state index in [1.165, 1.54) is 12.1 Å². The van der Waals surface area contributed by atoms with Gasteiger partial charge >= 0.3 is 0 Å². The fraction of sp³-hybridized carbons (Fsp3) is 0.154. The maximum Gasteiger partial charge on any atom is 0.263 e. The molecule has 16 heavy (non-hydrogen) atoms. The van der Waals surface area contributed by atoms with Gasteiger partial charge in [0.15, 0.2) is 0 Å². The van der Waals surface area contributed by atoms with Crippen molar-refractivity contribution in [1.29, 1.82) is 0 Å². The minimum atomic E-state index is -2.43. The molecule has 0 amide bonds. The molecule has 3 heteroatoms. The average molecular weight is 219 g/mol. The van der Waals surface area contributed by atoms with E-state index in [1.54, 1.807) is 18.5 Å². The lowest BCUT2D eigenvalue weighted by molar-refractivity contribution is 0.151. The molecule has 0 saturated heterocycles. The number of alkyl halides is 2. The standard InChI is InChI=1S/C13H11F2N/c1-9-5-6-16-8-12(9)10-3-2-4-11(7-10)13(14)15/h2-8,13H,1H3. The summed E-state index contributed by atoms with van der Waals surface area (Å²) in [7, 11) is 0. The van der Waals surface area contributed by atoms with Gasteiger partial charge in [0, 0.05) is 23.5 Å². The van der Waals surface area contributed by atoms with Crippen LogP contribution in [0, 0.1) is 6.92 Å². The molecule has 0 unspecified atom stereocenters. The molecule has 1 aromatic carbocycles. The maximum atomic E-state index is 12.5. The highest BCUT2D eigenvalue weighted by atomic mass is 19.3. The normalized spacial score (nSPS) is 10.8. The van der Waals surface area contributed by atoms with Crippen molar-refractivity contribution < 1.29 is 8.78 Å². The van der Waals surface area contributed by atoms with E-state index in [9.17, 15) is 8.78 Å². The molecule has 1 nitrogen and oxygen atoms in total. The van der Waals surface area contributed by atoms with E-state index in [4.69, 9.17) is 0 Å². The molecule has 0 atom stereocenters. The number of aromatic nitrogens is 1. The lowest BCUT2D eigenvalue weighted by Crippen LogP contribution is -1.88. The molecule has 0 aliphatic rings.